The molecule has 18 heavy (non-hydrogen) atoms. The molecule has 1 aromatic heterocycles. The highest BCUT2D eigenvalue weighted by atomic mass is 32.1. The molecule has 1 aromatic carbocycles. The number of amides is 1. The number of benzene rings is 1. The van der Waals surface area contributed by atoms with Crippen molar-refractivity contribution in [1.29, 1.82) is 0 Å². The molecule has 0 atom stereocenters. The van der Waals surface area contributed by atoms with Gasteiger partial charge in [-0.15, -0.1) is 0 Å². The lowest BCUT2D eigenvalue weighted by Crippen LogP contribution is -2.25. The number of aromatic amines is 1. The molecule has 0 spiro atoms. The minimum atomic E-state index is -0.454. The number of carbonyl (C=O) groups is 1. The van der Waals surface area contributed by atoms with E-state index in [1.54, 1.807) is 12.1 Å². The van der Waals surface area contributed by atoms with Gasteiger partial charge >= 0.3 is 5.76 Å². The summed E-state index contributed by atoms with van der Waals surface area (Å²) in [4.78, 5) is 24.8. The number of hydrogen-bond donors (Lipinski definition) is 3. The first kappa shape index (κ1) is 12.8. The normalized spacial score (nSPS) is 10.7. The number of oxazole rings is 1. The van der Waals surface area contributed by atoms with Gasteiger partial charge in [0, 0.05) is 13.0 Å². The summed E-state index contributed by atoms with van der Waals surface area (Å²) in [5.41, 5.74) is 2.23. The molecular formula is C12H14N2O3S. The predicted octanol–water partition coefficient (Wildman–Crippen LogP) is 1.10. The summed E-state index contributed by atoms with van der Waals surface area (Å²) in [6.07, 6.45) is 1.12. The lowest BCUT2D eigenvalue weighted by Gasteiger charge is -2.04. The maximum atomic E-state index is 11.2. The molecule has 0 unspecified atom stereocenters. The van der Waals surface area contributed by atoms with Gasteiger partial charge in [-0.1, -0.05) is 6.07 Å². The number of fused-ring (bicyclic) bond motifs is 1. The van der Waals surface area contributed by atoms with Crippen LogP contribution in [0, 0.1) is 0 Å². The highest BCUT2D eigenvalue weighted by Gasteiger charge is 2.03. The van der Waals surface area contributed by atoms with Crippen LogP contribution in [0.5, 0.6) is 0 Å². The summed E-state index contributed by atoms with van der Waals surface area (Å²) in [6, 6.07) is 5.50. The summed E-state index contributed by atoms with van der Waals surface area (Å²) in [5.74, 6) is 0.0928. The van der Waals surface area contributed by atoms with Gasteiger partial charge in [-0.3, -0.25) is 9.78 Å². The first-order valence-corrected chi connectivity index (χ1v) is 6.31. The Kier molecular flexibility index (Phi) is 4.09. The van der Waals surface area contributed by atoms with Gasteiger partial charge in [0.05, 0.1) is 5.52 Å². The monoisotopic (exact) mass is 266 g/mol. The summed E-state index contributed by atoms with van der Waals surface area (Å²) in [5, 5.41) is 2.80. The van der Waals surface area contributed by atoms with Crippen molar-refractivity contribution in [2.45, 2.75) is 12.8 Å². The fraction of sp³-hybridized carbons (Fsp3) is 0.333. The second-order valence-corrected chi connectivity index (χ2v) is 4.37. The molecule has 96 valence electrons. The van der Waals surface area contributed by atoms with Crippen LogP contribution in [0.4, 0.5) is 0 Å². The van der Waals surface area contributed by atoms with Crippen molar-refractivity contribution >= 4 is 29.6 Å². The number of hydrogen-bond acceptors (Lipinski definition) is 4. The van der Waals surface area contributed by atoms with Crippen molar-refractivity contribution in [3.8, 4) is 0 Å². The maximum Gasteiger partial charge on any atom is 0.417 e. The van der Waals surface area contributed by atoms with Gasteiger partial charge in [0.15, 0.2) is 5.58 Å². The van der Waals surface area contributed by atoms with Crippen LogP contribution in [0.25, 0.3) is 11.1 Å². The number of aromatic nitrogens is 1. The van der Waals surface area contributed by atoms with Crippen molar-refractivity contribution in [2.24, 2.45) is 0 Å². The predicted molar refractivity (Wildman–Crippen MR) is 72.0 cm³/mol. The SMILES string of the molecule is O=C(CCS)NCCc1ccc2[nH]c(=O)oc2c1. The van der Waals surface area contributed by atoms with Gasteiger partial charge in [0.2, 0.25) is 5.91 Å². The number of H-pyrrole nitrogens is 1. The van der Waals surface area contributed by atoms with E-state index in [4.69, 9.17) is 4.42 Å². The summed E-state index contributed by atoms with van der Waals surface area (Å²) >= 11 is 3.99. The van der Waals surface area contributed by atoms with Crippen molar-refractivity contribution in [3.63, 3.8) is 0 Å². The summed E-state index contributed by atoms with van der Waals surface area (Å²) in [7, 11) is 0. The molecular weight excluding hydrogens is 252 g/mol. The third kappa shape index (κ3) is 3.16. The molecule has 1 amide bonds. The van der Waals surface area contributed by atoms with E-state index in [1.807, 2.05) is 6.07 Å². The Hall–Kier alpha value is -1.69. The van der Waals surface area contributed by atoms with Gasteiger partial charge in [0.25, 0.3) is 0 Å². The number of carbonyl (C=O) groups excluding carboxylic acids is 1. The van der Waals surface area contributed by atoms with Gasteiger partial charge < -0.3 is 9.73 Å². The van der Waals surface area contributed by atoms with Crippen LogP contribution in [0.2, 0.25) is 0 Å². The largest absolute Gasteiger partial charge is 0.417 e. The molecule has 0 radical (unpaired) electrons. The van der Waals surface area contributed by atoms with E-state index in [9.17, 15) is 9.59 Å². The van der Waals surface area contributed by atoms with Crippen molar-refractivity contribution < 1.29 is 9.21 Å². The number of thiol groups is 1. The van der Waals surface area contributed by atoms with Gasteiger partial charge in [-0.05, 0) is 29.9 Å². The molecule has 0 aliphatic carbocycles. The number of nitrogens with one attached hydrogen (secondary N) is 2. The van der Waals surface area contributed by atoms with Crippen LogP contribution in [0.15, 0.2) is 27.4 Å². The van der Waals surface area contributed by atoms with Crippen molar-refractivity contribution in [3.05, 3.63) is 34.3 Å². The summed E-state index contributed by atoms with van der Waals surface area (Å²) in [6.45, 7) is 0.562. The van der Waals surface area contributed by atoms with Crippen LogP contribution < -0.4 is 11.1 Å². The average molecular weight is 266 g/mol. The Bertz CT molecular complexity index is 603. The van der Waals surface area contributed by atoms with Crippen LogP contribution >= 0.6 is 12.6 Å². The zero-order valence-electron chi connectivity index (χ0n) is 9.73. The van der Waals surface area contributed by atoms with Gasteiger partial charge in [-0.2, -0.15) is 12.6 Å². The zero-order valence-corrected chi connectivity index (χ0v) is 10.6. The number of rotatable bonds is 5. The molecule has 2 aromatic rings. The Morgan fingerprint density at radius 3 is 3.06 bits per heavy atom. The molecule has 0 fully saturated rings. The molecule has 0 saturated carbocycles. The van der Waals surface area contributed by atoms with E-state index in [2.05, 4.69) is 22.9 Å². The maximum absolute atomic E-state index is 11.2. The topological polar surface area (TPSA) is 75.1 Å². The molecule has 0 aliphatic heterocycles. The lowest BCUT2D eigenvalue weighted by atomic mass is 10.1. The molecule has 6 heteroatoms. The average Bonchev–Trinajstić information content (AvgIpc) is 2.69. The van der Waals surface area contributed by atoms with E-state index in [1.165, 1.54) is 0 Å². The molecule has 0 saturated heterocycles. The Morgan fingerprint density at radius 2 is 2.28 bits per heavy atom. The van der Waals surface area contributed by atoms with E-state index in [0.717, 1.165) is 5.56 Å². The van der Waals surface area contributed by atoms with Gasteiger partial charge in [0.1, 0.15) is 0 Å². The van der Waals surface area contributed by atoms with Crippen LogP contribution in [-0.4, -0.2) is 23.2 Å². The third-order valence-corrected chi connectivity index (χ3v) is 2.78. The molecule has 1 heterocycles. The minimum Gasteiger partial charge on any atom is -0.408 e. The van der Waals surface area contributed by atoms with E-state index in [0.29, 0.717) is 36.2 Å². The second kappa shape index (κ2) is 5.77. The minimum absolute atomic E-state index is 0.000690. The fourth-order valence-electron chi connectivity index (χ4n) is 1.68. The zero-order chi connectivity index (χ0) is 13.0. The Labute approximate surface area is 109 Å². The molecule has 5 nitrogen and oxygen atoms in total. The van der Waals surface area contributed by atoms with E-state index < -0.39 is 5.76 Å². The third-order valence-electron chi connectivity index (χ3n) is 2.56. The van der Waals surface area contributed by atoms with Crippen LogP contribution in [0.1, 0.15) is 12.0 Å². The van der Waals surface area contributed by atoms with Crippen molar-refractivity contribution in [1.82, 2.24) is 10.3 Å². The highest BCUT2D eigenvalue weighted by molar-refractivity contribution is 7.80. The molecule has 2 rings (SSSR count). The second-order valence-electron chi connectivity index (χ2n) is 3.92. The Balaban J connectivity index is 1.95. The molecule has 2 N–H and O–H groups in total. The summed E-state index contributed by atoms with van der Waals surface area (Å²) < 4.78 is 4.97. The lowest BCUT2D eigenvalue weighted by molar-refractivity contribution is -0.120. The fourth-order valence-corrected chi connectivity index (χ4v) is 1.88. The first-order valence-electron chi connectivity index (χ1n) is 5.68. The quantitative estimate of drug-likeness (QED) is 0.709. The highest BCUT2D eigenvalue weighted by Crippen LogP contribution is 2.12. The van der Waals surface area contributed by atoms with Crippen LogP contribution in [-0.2, 0) is 11.2 Å². The standard InChI is InChI=1S/C12H14N2O3S/c15-11(4-6-18)13-5-3-8-1-2-9-10(7-8)17-12(16)14-9/h1-2,7,18H,3-6H2,(H,13,15)(H,14,16). The molecule has 0 bridgehead atoms. The van der Waals surface area contributed by atoms with Crippen molar-refractivity contribution in [2.75, 3.05) is 12.3 Å². The van der Waals surface area contributed by atoms with Crippen LogP contribution in [0.3, 0.4) is 0 Å². The van der Waals surface area contributed by atoms with E-state index >= 15 is 0 Å². The Morgan fingerprint density at radius 1 is 1.44 bits per heavy atom. The molecule has 0 aliphatic rings. The van der Waals surface area contributed by atoms with Gasteiger partial charge in [-0.25, -0.2) is 4.79 Å². The van der Waals surface area contributed by atoms with E-state index in [-0.39, 0.29) is 5.91 Å². The first-order chi connectivity index (χ1) is 8.69. The smallest absolute Gasteiger partial charge is 0.408 e.